The van der Waals surface area contributed by atoms with E-state index < -0.39 is 0 Å². The minimum atomic E-state index is 0.256. The number of rotatable bonds is 6. The van der Waals surface area contributed by atoms with Crippen LogP contribution in [0, 0.1) is 0 Å². The Morgan fingerprint density at radius 3 is 2.32 bits per heavy atom. The van der Waals surface area contributed by atoms with E-state index in [1.807, 2.05) is 23.1 Å². The number of hydrogen-bond donors (Lipinski definition) is 0. The van der Waals surface area contributed by atoms with Gasteiger partial charge in [0, 0.05) is 42.0 Å². The molecule has 0 N–H and O–H groups in total. The summed E-state index contributed by atoms with van der Waals surface area (Å²) in [5, 5.41) is 8.41. The van der Waals surface area contributed by atoms with Crippen LogP contribution in [0.3, 0.4) is 0 Å². The highest BCUT2D eigenvalue weighted by Gasteiger charge is 2.32. The van der Waals surface area contributed by atoms with E-state index in [9.17, 15) is 4.79 Å². The van der Waals surface area contributed by atoms with Crippen molar-refractivity contribution in [1.29, 1.82) is 0 Å². The van der Waals surface area contributed by atoms with Crippen LogP contribution in [0.25, 0.3) is 0 Å². The molecule has 2 heterocycles. The highest BCUT2D eigenvalue weighted by molar-refractivity contribution is 7.99. The third kappa shape index (κ3) is 4.24. The number of likely N-dealkylation sites (tertiary alicyclic amines) is 1. The molecule has 1 aliphatic heterocycles. The molecule has 1 aromatic heterocycles. The second-order valence-electron chi connectivity index (χ2n) is 6.82. The van der Waals surface area contributed by atoms with Gasteiger partial charge in [-0.25, -0.2) is 0 Å². The molecule has 6 heteroatoms. The summed E-state index contributed by atoms with van der Waals surface area (Å²) in [6, 6.07) is 10.2. The Bertz CT molecular complexity index is 706. The summed E-state index contributed by atoms with van der Waals surface area (Å²) in [5.74, 6) is 3.48. The molecule has 0 bridgehead atoms. The summed E-state index contributed by atoms with van der Waals surface area (Å²) in [7, 11) is 0. The van der Waals surface area contributed by atoms with E-state index in [4.69, 9.17) is 4.42 Å². The fourth-order valence-corrected chi connectivity index (χ4v) is 4.08. The molecule has 132 valence electrons. The van der Waals surface area contributed by atoms with Crippen LogP contribution in [-0.2, 0) is 4.79 Å². The number of nitrogens with zero attached hydrogens (tertiary/aromatic N) is 3. The van der Waals surface area contributed by atoms with Gasteiger partial charge in [-0.15, -0.1) is 22.0 Å². The Morgan fingerprint density at radius 2 is 1.68 bits per heavy atom. The second kappa shape index (κ2) is 7.60. The lowest BCUT2D eigenvalue weighted by Crippen LogP contribution is -2.38. The first-order chi connectivity index (χ1) is 12.3. The molecule has 2 aromatic rings. The van der Waals surface area contributed by atoms with Crippen molar-refractivity contribution in [2.75, 3.05) is 18.8 Å². The highest BCUT2D eigenvalue weighted by Crippen LogP contribution is 2.40. The molecule has 1 aliphatic carbocycles. The number of thioether (sulfide) groups is 1. The molecule has 0 spiro atoms. The van der Waals surface area contributed by atoms with E-state index in [1.165, 1.54) is 17.7 Å². The SMILES string of the molecule is O=C(CCSc1ccccc1)N1CCC(c2nnc(C3CC3)o2)CC1. The van der Waals surface area contributed by atoms with Crippen molar-refractivity contribution in [3.8, 4) is 0 Å². The van der Waals surface area contributed by atoms with Crippen molar-refractivity contribution >= 4 is 17.7 Å². The maximum Gasteiger partial charge on any atom is 0.223 e. The van der Waals surface area contributed by atoms with Gasteiger partial charge in [-0.05, 0) is 37.8 Å². The van der Waals surface area contributed by atoms with Crippen molar-refractivity contribution in [1.82, 2.24) is 15.1 Å². The lowest BCUT2D eigenvalue weighted by Gasteiger charge is -2.30. The summed E-state index contributed by atoms with van der Waals surface area (Å²) >= 11 is 1.74. The van der Waals surface area contributed by atoms with E-state index in [1.54, 1.807) is 11.8 Å². The fraction of sp³-hybridized carbons (Fsp3) is 0.526. The molecule has 1 amide bonds. The summed E-state index contributed by atoms with van der Waals surface area (Å²) in [4.78, 5) is 15.6. The van der Waals surface area contributed by atoms with Crippen molar-refractivity contribution in [3.63, 3.8) is 0 Å². The normalized spacial score (nSPS) is 18.5. The van der Waals surface area contributed by atoms with Gasteiger partial charge in [-0.1, -0.05) is 18.2 Å². The van der Waals surface area contributed by atoms with Gasteiger partial charge in [-0.3, -0.25) is 4.79 Å². The Kier molecular flexibility index (Phi) is 5.06. The molecule has 1 aromatic carbocycles. The van der Waals surface area contributed by atoms with E-state index in [-0.39, 0.29) is 5.91 Å². The average Bonchev–Trinajstić information content (AvgIpc) is 3.40. The Balaban J connectivity index is 1.21. The first-order valence-electron chi connectivity index (χ1n) is 9.08. The number of aromatic nitrogens is 2. The van der Waals surface area contributed by atoms with Gasteiger partial charge >= 0.3 is 0 Å². The van der Waals surface area contributed by atoms with Crippen LogP contribution in [0.4, 0.5) is 0 Å². The number of carbonyl (C=O) groups is 1. The number of carbonyl (C=O) groups excluding carboxylic acids is 1. The monoisotopic (exact) mass is 357 g/mol. The Hall–Kier alpha value is -1.82. The van der Waals surface area contributed by atoms with E-state index >= 15 is 0 Å². The maximum atomic E-state index is 12.4. The number of hydrogen-bond acceptors (Lipinski definition) is 5. The molecule has 0 unspecified atom stereocenters. The summed E-state index contributed by atoms with van der Waals surface area (Å²) in [5.41, 5.74) is 0. The fourth-order valence-electron chi connectivity index (χ4n) is 3.21. The molecule has 0 atom stereocenters. The molecule has 1 saturated heterocycles. The third-order valence-electron chi connectivity index (χ3n) is 4.91. The van der Waals surface area contributed by atoms with Gasteiger partial charge < -0.3 is 9.32 Å². The van der Waals surface area contributed by atoms with Crippen molar-refractivity contribution in [3.05, 3.63) is 42.1 Å². The summed E-state index contributed by atoms with van der Waals surface area (Å²) < 4.78 is 5.83. The lowest BCUT2D eigenvalue weighted by atomic mass is 9.96. The van der Waals surface area contributed by atoms with Crippen LogP contribution in [0.2, 0.25) is 0 Å². The Morgan fingerprint density at radius 1 is 1.04 bits per heavy atom. The van der Waals surface area contributed by atoms with E-state index in [2.05, 4.69) is 22.3 Å². The van der Waals surface area contributed by atoms with Crippen LogP contribution < -0.4 is 0 Å². The topological polar surface area (TPSA) is 59.2 Å². The van der Waals surface area contributed by atoms with Gasteiger partial charge in [0.05, 0.1) is 0 Å². The van der Waals surface area contributed by atoms with Crippen LogP contribution in [0.1, 0.15) is 55.7 Å². The number of amides is 1. The van der Waals surface area contributed by atoms with Crippen LogP contribution >= 0.6 is 11.8 Å². The smallest absolute Gasteiger partial charge is 0.223 e. The molecule has 4 rings (SSSR count). The van der Waals surface area contributed by atoms with Crippen molar-refractivity contribution in [2.45, 2.75) is 48.8 Å². The predicted octanol–water partition coefficient (Wildman–Crippen LogP) is 3.84. The van der Waals surface area contributed by atoms with Gasteiger partial charge in [0.15, 0.2) is 0 Å². The molecule has 25 heavy (non-hydrogen) atoms. The van der Waals surface area contributed by atoms with Crippen molar-refractivity contribution in [2.24, 2.45) is 0 Å². The largest absolute Gasteiger partial charge is 0.425 e. The van der Waals surface area contributed by atoms with Gasteiger partial charge in [-0.2, -0.15) is 0 Å². The molecule has 1 saturated carbocycles. The predicted molar refractivity (Wildman–Crippen MR) is 96.6 cm³/mol. The average molecular weight is 357 g/mol. The number of piperidine rings is 1. The maximum absolute atomic E-state index is 12.4. The highest BCUT2D eigenvalue weighted by atomic mass is 32.2. The second-order valence-corrected chi connectivity index (χ2v) is 7.99. The van der Waals surface area contributed by atoms with Gasteiger partial charge in [0.25, 0.3) is 0 Å². The van der Waals surface area contributed by atoms with Crippen LogP contribution in [0.15, 0.2) is 39.6 Å². The Labute approximate surface area is 152 Å². The molecule has 2 fully saturated rings. The zero-order valence-corrected chi connectivity index (χ0v) is 15.1. The van der Waals surface area contributed by atoms with E-state index in [0.717, 1.165) is 43.5 Å². The summed E-state index contributed by atoms with van der Waals surface area (Å²) in [6.45, 7) is 1.58. The van der Waals surface area contributed by atoms with E-state index in [0.29, 0.717) is 18.3 Å². The zero-order chi connectivity index (χ0) is 17.1. The third-order valence-corrected chi connectivity index (χ3v) is 5.92. The van der Waals surface area contributed by atoms with Crippen LogP contribution in [0.5, 0.6) is 0 Å². The summed E-state index contributed by atoms with van der Waals surface area (Å²) in [6.07, 6.45) is 4.79. The first kappa shape index (κ1) is 16.6. The van der Waals surface area contributed by atoms with Gasteiger partial charge in [0.1, 0.15) is 0 Å². The minimum absolute atomic E-state index is 0.256. The first-order valence-corrected chi connectivity index (χ1v) is 10.1. The molecule has 0 radical (unpaired) electrons. The van der Waals surface area contributed by atoms with Crippen LogP contribution in [-0.4, -0.2) is 39.8 Å². The minimum Gasteiger partial charge on any atom is -0.425 e. The molecule has 2 aliphatic rings. The lowest BCUT2D eigenvalue weighted by molar-refractivity contribution is -0.131. The number of benzene rings is 1. The van der Waals surface area contributed by atoms with Crippen molar-refractivity contribution < 1.29 is 9.21 Å². The standard InChI is InChI=1S/C19H23N3O2S/c23-17(10-13-25-16-4-2-1-3-5-16)22-11-8-15(9-12-22)19-21-20-18(24-19)14-6-7-14/h1-5,14-15H,6-13H2. The quantitative estimate of drug-likeness (QED) is 0.735. The van der Waals surface area contributed by atoms with Gasteiger partial charge in [0.2, 0.25) is 17.7 Å². The molecular weight excluding hydrogens is 334 g/mol. The molecular formula is C19H23N3O2S. The zero-order valence-electron chi connectivity index (χ0n) is 14.3. The molecule has 5 nitrogen and oxygen atoms in total.